The van der Waals surface area contributed by atoms with Gasteiger partial charge in [0.25, 0.3) is 11.8 Å². The van der Waals surface area contributed by atoms with Gasteiger partial charge < -0.3 is 20.1 Å². The number of hydroxylamine groups is 2. The number of benzene rings is 1. The molecule has 6 atom stereocenters. The Hall–Kier alpha value is -2.96. The third-order valence-corrected chi connectivity index (χ3v) is 7.20. The van der Waals surface area contributed by atoms with Gasteiger partial charge in [-0.25, -0.2) is 9.86 Å². The van der Waals surface area contributed by atoms with Crippen molar-refractivity contribution in [3.05, 3.63) is 48.0 Å². The zero-order chi connectivity index (χ0) is 27.5. The van der Waals surface area contributed by atoms with Crippen LogP contribution in [0.25, 0.3) is 0 Å². The van der Waals surface area contributed by atoms with Gasteiger partial charge in [-0.3, -0.25) is 14.4 Å². The Morgan fingerprint density at radius 3 is 2.42 bits per heavy atom. The van der Waals surface area contributed by atoms with Crippen molar-refractivity contribution >= 4 is 17.8 Å². The number of methoxy groups -OCH3 is 1. The second kappa shape index (κ2) is 11.4. The highest BCUT2D eigenvalue weighted by Gasteiger charge is 2.55. The quantitative estimate of drug-likeness (QED) is 0.366. The van der Waals surface area contributed by atoms with E-state index in [1.165, 1.54) is 12.2 Å². The molecule has 1 aliphatic carbocycles. The molecule has 4 aliphatic rings. The summed E-state index contributed by atoms with van der Waals surface area (Å²) < 4.78 is 50.0. The number of rotatable bonds is 9. The van der Waals surface area contributed by atoms with Crippen LogP contribution in [0.1, 0.15) is 38.2 Å². The lowest BCUT2D eigenvalue weighted by molar-refractivity contribution is -0.233. The number of ether oxygens (including phenoxy) is 2. The Bertz CT molecular complexity index is 1050. The molecule has 2 bridgehead atoms. The highest BCUT2D eigenvalue weighted by atomic mass is 19.4. The van der Waals surface area contributed by atoms with Crippen LogP contribution in [0, 0.1) is 0 Å². The summed E-state index contributed by atoms with van der Waals surface area (Å²) in [4.78, 5) is 45.1. The van der Waals surface area contributed by atoms with Gasteiger partial charge >= 0.3 is 12.1 Å². The van der Waals surface area contributed by atoms with Crippen molar-refractivity contribution < 1.29 is 41.9 Å². The lowest BCUT2D eigenvalue weighted by Crippen LogP contribution is -2.65. The SMILES string of the molecule is CO[C@H]([C@@H]1CCCN1)[C@@](C)(OC(=O)C(F)(F)F)C(=O)N[C@@H](Cc1ccccc1)C(=O)N1O[C@@H]2C=C[C@@H]1CC2. The molecule has 12 heteroatoms. The van der Waals surface area contributed by atoms with E-state index in [0.29, 0.717) is 31.4 Å². The maximum atomic E-state index is 13.7. The van der Waals surface area contributed by atoms with Crippen LogP contribution in [-0.4, -0.2) is 78.6 Å². The van der Waals surface area contributed by atoms with Gasteiger partial charge in [-0.2, -0.15) is 13.2 Å². The fourth-order valence-corrected chi connectivity index (χ4v) is 5.23. The monoisotopic (exact) mass is 539 g/mol. The topological polar surface area (TPSA) is 106 Å². The van der Waals surface area contributed by atoms with Gasteiger partial charge in [0.05, 0.1) is 6.04 Å². The number of amides is 2. The predicted octanol–water partition coefficient (Wildman–Crippen LogP) is 2.21. The normalized spacial score (nSPS) is 25.9. The van der Waals surface area contributed by atoms with Crippen molar-refractivity contribution in [2.75, 3.05) is 13.7 Å². The van der Waals surface area contributed by atoms with Gasteiger partial charge in [0.15, 0.2) is 0 Å². The van der Waals surface area contributed by atoms with E-state index in [1.807, 2.05) is 12.2 Å². The molecule has 208 valence electrons. The fraction of sp³-hybridized carbons (Fsp3) is 0.577. The highest BCUT2D eigenvalue weighted by Crippen LogP contribution is 2.31. The van der Waals surface area contributed by atoms with E-state index < -0.39 is 47.7 Å². The number of nitrogens with one attached hydrogen (secondary N) is 2. The van der Waals surface area contributed by atoms with E-state index in [4.69, 9.17) is 14.3 Å². The predicted molar refractivity (Wildman–Crippen MR) is 128 cm³/mol. The first-order chi connectivity index (χ1) is 18.0. The third kappa shape index (κ3) is 6.02. The van der Waals surface area contributed by atoms with Gasteiger partial charge in [0.2, 0.25) is 5.60 Å². The molecule has 0 radical (unpaired) electrons. The minimum atomic E-state index is -5.34. The van der Waals surface area contributed by atoms with Crippen molar-refractivity contribution in [2.24, 2.45) is 0 Å². The van der Waals surface area contributed by atoms with Crippen LogP contribution in [-0.2, 0) is 35.1 Å². The number of esters is 1. The summed E-state index contributed by atoms with van der Waals surface area (Å²) in [6.07, 6.45) is -0.483. The minimum absolute atomic E-state index is 0.0367. The molecule has 3 heterocycles. The summed E-state index contributed by atoms with van der Waals surface area (Å²) in [5.74, 6) is -4.16. The Morgan fingerprint density at radius 1 is 1.16 bits per heavy atom. The standard InChI is InChI=1S/C26H32F3N3O6/c1-25(37-24(35)26(27,28)29,21(36-2)19-9-6-14-30-19)23(34)31-20(15-16-7-4-3-5-8-16)22(33)32-17-10-12-18(38-32)13-11-17/h3-5,7-8,10,12,17-21,30H,6,9,11,13-15H2,1-2H3,(H,31,34)/t17-,18-,19+,20+,21-,25-/m1/s1. The molecule has 5 rings (SSSR count). The number of carbonyl (C=O) groups excluding carboxylic acids is 3. The molecule has 2 saturated heterocycles. The highest BCUT2D eigenvalue weighted by molar-refractivity contribution is 5.93. The molecule has 38 heavy (non-hydrogen) atoms. The van der Waals surface area contributed by atoms with Crippen LogP contribution in [0.5, 0.6) is 0 Å². The second-order valence-corrected chi connectivity index (χ2v) is 9.91. The Labute approximate surface area is 218 Å². The zero-order valence-corrected chi connectivity index (χ0v) is 21.2. The van der Waals surface area contributed by atoms with Crippen LogP contribution in [0.4, 0.5) is 13.2 Å². The summed E-state index contributed by atoms with van der Waals surface area (Å²) in [6.45, 7) is 1.64. The lowest BCUT2D eigenvalue weighted by Gasteiger charge is -2.42. The number of hydrogen-bond donors (Lipinski definition) is 2. The van der Waals surface area contributed by atoms with E-state index >= 15 is 0 Å². The smallest absolute Gasteiger partial charge is 0.440 e. The Balaban J connectivity index is 1.64. The number of fused-ring (bicyclic) bond motifs is 2. The lowest BCUT2D eigenvalue weighted by atomic mass is 9.89. The summed E-state index contributed by atoms with van der Waals surface area (Å²) in [7, 11) is 1.23. The molecule has 0 aromatic heterocycles. The van der Waals surface area contributed by atoms with Gasteiger partial charge in [-0.05, 0) is 44.7 Å². The summed E-state index contributed by atoms with van der Waals surface area (Å²) in [6, 6.07) is 6.76. The van der Waals surface area contributed by atoms with Crippen LogP contribution >= 0.6 is 0 Å². The molecule has 2 amide bonds. The van der Waals surface area contributed by atoms with Crippen molar-refractivity contribution in [3.63, 3.8) is 0 Å². The molecule has 0 saturated carbocycles. The molecule has 9 nitrogen and oxygen atoms in total. The number of carbonyl (C=O) groups is 3. The van der Waals surface area contributed by atoms with Gasteiger partial charge in [0.1, 0.15) is 18.2 Å². The number of alkyl halides is 3. The molecule has 1 aromatic carbocycles. The molecule has 2 N–H and O–H groups in total. The van der Waals surface area contributed by atoms with Crippen LogP contribution in [0.15, 0.2) is 42.5 Å². The van der Waals surface area contributed by atoms with Gasteiger partial charge in [-0.15, -0.1) is 0 Å². The van der Waals surface area contributed by atoms with E-state index in [0.717, 1.165) is 13.3 Å². The van der Waals surface area contributed by atoms with Gasteiger partial charge in [-0.1, -0.05) is 42.5 Å². The first-order valence-electron chi connectivity index (χ1n) is 12.6. The fourth-order valence-electron chi connectivity index (χ4n) is 5.23. The number of hydrogen-bond acceptors (Lipinski definition) is 7. The number of nitrogens with zero attached hydrogens (tertiary/aromatic N) is 1. The zero-order valence-electron chi connectivity index (χ0n) is 21.2. The maximum Gasteiger partial charge on any atom is 0.490 e. The molecule has 0 unspecified atom stereocenters. The molecule has 0 spiro atoms. The Kier molecular flexibility index (Phi) is 8.43. The van der Waals surface area contributed by atoms with E-state index in [-0.39, 0.29) is 18.6 Å². The maximum absolute atomic E-state index is 13.7. The first kappa shape index (κ1) is 28.1. The van der Waals surface area contributed by atoms with Gasteiger partial charge in [0, 0.05) is 19.6 Å². The molecule has 3 aliphatic heterocycles. The Morgan fingerprint density at radius 2 is 1.89 bits per heavy atom. The molecular weight excluding hydrogens is 507 g/mol. The first-order valence-corrected chi connectivity index (χ1v) is 12.6. The van der Waals surface area contributed by atoms with E-state index in [1.54, 1.807) is 30.3 Å². The summed E-state index contributed by atoms with van der Waals surface area (Å²) in [5.41, 5.74) is -1.70. The van der Waals surface area contributed by atoms with Crippen LogP contribution in [0.2, 0.25) is 0 Å². The summed E-state index contributed by atoms with van der Waals surface area (Å²) >= 11 is 0. The average Bonchev–Trinajstić information content (AvgIpc) is 3.43. The minimum Gasteiger partial charge on any atom is -0.440 e. The van der Waals surface area contributed by atoms with E-state index in [2.05, 4.69) is 10.6 Å². The average molecular weight is 540 g/mol. The number of halogens is 3. The van der Waals surface area contributed by atoms with Crippen molar-refractivity contribution in [2.45, 2.75) is 81.1 Å². The largest absolute Gasteiger partial charge is 0.490 e. The third-order valence-electron chi connectivity index (χ3n) is 7.20. The van der Waals surface area contributed by atoms with Crippen molar-refractivity contribution in [3.8, 4) is 0 Å². The van der Waals surface area contributed by atoms with Crippen LogP contribution in [0.3, 0.4) is 0 Å². The molecular formula is C26H32F3N3O6. The summed E-state index contributed by atoms with van der Waals surface area (Å²) in [5, 5.41) is 6.87. The van der Waals surface area contributed by atoms with E-state index in [9.17, 15) is 27.6 Å². The van der Waals surface area contributed by atoms with Crippen molar-refractivity contribution in [1.82, 2.24) is 15.7 Å². The van der Waals surface area contributed by atoms with Crippen LogP contribution < -0.4 is 10.6 Å². The molecule has 2 fully saturated rings. The molecule has 1 aromatic rings. The van der Waals surface area contributed by atoms with Crippen molar-refractivity contribution in [1.29, 1.82) is 0 Å². The second-order valence-electron chi connectivity index (χ2n) is 9.91.